The van der Waals surface area contributed by atoms with Crippen molar-refractivity contribution in [2.45, 2.75) is 13.5 Å². The molecule has 1 N–H and O–H groups in total. The van der Waals surface area contributed by atoms with E-state index < -0.39 is 6.09 Å². The molecule has 0 saturated carbocycles. The molecule has 0 unspecified atom stereocenters. The number of carbonyl (C=O) groups is 1. The van der Waals surface area contributed by atoms with Crippen LogP contribution < -0.4 is 5.32 Å². The van der Waals surface area contributed by atoms with Gasteiger partial charge in [0, 0.05) is 6.54 Å². The fraction of sp³-hybridized carbons (Fsp3) is 0.250. The second kappa shape index (κ2) is 5.86. The highest BCUT2D eigenvalue weighted by atomic mass is 16.5. The van der Waals surface area contributed by atoms with E-state index in [1.54, 1.807) is 0 Å². The Balaban J connectivity index is 2.26. The van der Waals surface area contributed by atoms with E-state index in [9.17, 15) is 4.79 Å². The molecule has 1 rings (SSSR count). The number of alkyl carbamates (subject to hydrolysis) is 1. The number of nitrogens with one attached hydrogen (secondary N) is 1. The number of hydrogen-bond donors (Lipinski definition) is 1. The molecule has 0 radical (unpaired) electrons. The van der Waals surface area contributed by atoms with E-state index >= 15 is 0 Å². The topological polar surface area (TPSA) is 38.3 Å². The fourth-order valence-corrected chi connectivity index (χ4v) is 0.997. The number of carbonyl (C=O) groups excluding carboxylic acids is 1. The van der Waals surface area contributed by atoms with E-state index in [1.807, 2.05) is 37.3 Å². The number of amides is 1. The van der Waals surface area contributed by atoms with Gasteiger partial charge in [-0.05, 0) is 12.5 Å². The molecule has 0 heterocycles. The molecule has 0 atom stereocenters. The Hall–Kier alpha value is -1.77. The van der Waals surface area contributed by atoms with Crippen molar-refractivity contribution in [1.82, 2.24) is 5.32 Å². The Bertz CT molecular complexity index is 333. The van der Waals surface area contributed by atoms with Crippen LogP contribution in [0.2, 0.25) is 0 Å². The first-order chi connectivity index (χ1) is 7.18. The standard InChI is InChI=1S/C12H15NO2/c1-10(2)8-13-12(14)15-9-11-6-4-3-5-7-11/h3-7H,1,8-9H2,2H3,(H,13,14). The highest BCUT2D eigenvalue weighted by Crippen LogP contribution is 2.00. The van der Waals surface area contributed by atoms with Gasteiger partial charge in [-0.25, -0.2) is 4.79 Å². The van der Waals surface area contributed by atoms with Gasteiger partial charge in [-0.3, -0.25) is 0 Å². The summed E-state index contributed by atoms with van der Waals surface area (Å²) in [6.45, 7) is 6.27. The summed E-state index contributed by atoms with van der Waals surface area (Å²) < 4.78 is 4.99. The van der Waals surface area contributed by atoms with E-state index in [0.29, 0.717) is 13.2 Å². The van der Waals surface area contributed by atoms with Crippen molar-refractivity contribution in [2.24, 2.45) is 0 Å². The zero-order valence-corrected chi connectivity index (χ0v) is 8.82. The average molecular weight is 205 g/mol. The lowest BCUT2D eigenvalue weighted by Crippen LogP contribution is -2.25. The second-order valence-electron chi connectivity index (χ2n) is 3.37. The molecule has 1 amide bonds. The Labute approximate surface area is 89.8 Å². The smallest absolute Gasteiger partial charge is 0.407 e. The van der Waals surface area contributed by atoms with E-state index in [-0.39, 0.29) is 0 Å². The molecule has 1 aromatic carbocycles. The molecule has 3 nitrogen and oxygen atoms in total. The molecule has 0 aliphatic carbocycles. The predicted molar refractivity (Wildman–Crippen MR) is 59.4 cm³/mol. The number of hydrogen-bond acceptors (Lipinski definition) is 2. The Kier molecular flexibility index (Phi) is 4.41. The van der Waals surface area contributed by atoms with Crippen LogP contribution in [-0.2, 0) is 11.3 Å². The third kappa shape index (κ3) is 4.86. The largest absolute Gasteiger partial charge is 0.445 e. The van der Waals surface area contributed by atoms with Crippen LogP contribution in [0, 0.1) is 0 Å². The van der Waals surface area contributed by atoms with Gasteiger partial charge in [0.15, 0.2) is 0 Å². The van der Waals surface area contributed by atoms with Crippen molar-refractivity contribution >= 4 is 6.09 Å². The number of benzene rings is 1. The van der Waals surface area contributed by atoms with Crippen LogP contribution in [0.3, 0.4) is 0 Å². The highest BCUT2D eigenvalue weighted by molar-refractivity contribution is 5.67. The normalized spacial score (nSPS) is 9.40. The minimum absolute atomic E-state index is 0.295. The molecule has 0 fully saturated rings. The van der Waals surface area contributed by atoms with Crippen LogP contribution >= 0.6 is 0 Å². The molecule has 1 aromatic rings. The summed E-state index contributed by atoms with van der Waals surface area (Å²) in [6, 6.07) is 9.55. The van der Waals surface area contributed by atoms with Gasteiger partial charge in [-0.2, -0.15) is 0 Å². The molecule has 0 saturated heterocycles. The van der Waals surface area contributed by atoms with Crippen molar-refractivity contribution in [3.05, 3.63) is 48.0 Å². The molecule has 3 heteroatoms. The highest BCUT2D eigenvalue weighted by Gasteiger charge is 2.00. The first-order valence-corrected chi connectivity index (χ1v) is 4.77. The van der Waals surface area contributed by atoms with Gasteiger partial charge in [0.1, 0.15) is 6.61 Å². The molecule has 15 heavy (non-hydrogen) atoms. The minimum atomic E-state index is -0.415. The second-order valence-corrected chi connectivity index (χ2v) is 3.37. The molecule has 80 valence electrons. The van der Waals surface area contributed by atoms with Gasteiger partial charge >= 0.3 is 6.09 Å². The maximum atomic E-state index is 11.1. The van der Waals surface area contributed by atoms with Crippen molar-refractivity contribution in [1.29, 1.82) is 0 Å². The third-order valence-corrected chi connectivity index (χ3v) is 1.75. The maximum Gasteiger partial charge on any atom is 0.407 e. The van der Waals surface area contributed by atoms with Crippen LogP contribution in [0.25, 0.3) is 0 Å². The molecule has 0 aromatic heterocycles. The van der Waals surface area contributed by atoms with Crippen LogP contribution in [0.4, 0.5) is 4.79 Å². The first-order valence-electron chi connectivity index (χ1n) is 4.77. The van der Waals surface area contributed by atoms with Gasteiger partial charge in [0.2, 0.25) is 0 Å². The quantitative estimate of drug-likeness (QED) is 0.767. The van der Waals surface area contributed by atoms with Gasteiger partial charge < -0.3 is 10.1 Å². The summed E-state index contributed by atoms with van der Waals surface area (Å²) in [6.07, 6.45) is -0.415. The zero-order chi connectivity index (χ0) is 11.1. The third-order valence-electron chi connectivity index (χ3n) is 1.75. The summed E-state index contributed by atoms with van der Waals surface area (Å²) in [5, 5.41) is 2.59. The summed E-state index contributed by atoms with van der Waals surface area (Å²) >= 11 is 0. The first kappa shape index (κ1) is 11.3. The van der Waals surface area contributed by atoms with Crippen LogP contribution in [-0.4, -0.2) is 12.6 Å². The van der Waals surface area contributed by atoms with Gasteiger partial charge in [-0.1, -0.05) is 42.5 Å². The lowest BCUT2D eigenvalue weighted by Gasteiger charge is -2.06. The molecule has 0 spiro atoms. The van der Waals surface area contributed by atoms with Crippen molar-refractivity contribution in [3.8, 4) is 0 Å². The number of ether oxygens (including phenoxy) is 1. The molecular formula is C12H15NO2. The van der Waals surface area contributed by atoms with Crippen LogP contribution in [0.15, 0.2) is 42.5 Å². The lowest BCUT2D eigenvalue weighted by molar-refractivity contribution is 0.140. The van der Waals surface area contributed by atoms with E-state index in [4.69, 9.17) is 4.74 Å². The molecule has 0 aliphatic heterocycles. The van der Waals surface area contributed by atoms with Crippen molar-refractivity contribution < 1.29 is 9.53 Å². The minimum Gasteiger partial charge on any atom is -0.445 e. The van der Waals surface area contributed by atoms with Gasteiger partial charge in [0.05, 0.1) is 0 Å². The van der Waals surface area contributed by atoms with Gasteiger partial charge in [0.25, 0.3) is 0 Å². The summed E-state index contributed by atoms with van der Waals surface area (Å²) in [7, 11) is 0. The van der Waals surface area contributed by atoms with E-state index in [0.717, 1.165) is 11.1 Å². The van der Waals surface area contributed by atoms with Gasteiger partial charge in [-0.15, -0.1) is 0 Å². The van der Waals surface area contributed by atoms with Crippen molar-refractivity contribution in [3.63, 3.8) is 0 Å². The Morgan fingerprint density at radius 1 is 1.40 bits per heavy atom. The zero-order valence-electron chi connectivity index (χ0n) is 8.82. The lowest BCUT2D eigenvalue weighted by atomic mass is 10.2. The van der Waals surface area contributed by atoms with Crippen LogP contribution in [0.5, 0.6) is 0 Å². The molecular weight excluding hydrogens is 190 g/mol. The molecule has 0 bridgehead atoms. The van der Waals surface area contributed by atoms with Crippen LogP contribution in [0.1, 0.15) is 12.5 Å². The Morgan fingerprint density at radius 2 is 2.07 bits per heavy atom. The summed E-state index contributed by atoms with van der Waals surface area (Å²) in [4.78, 5) is 11.1. The monoisotopic (exact) mass is 205 g/mol. The fourth-order valence-electron chi connectivity index (χ4n) is 0.997. The van der Waals surface area contributed by atoms with E-state index in [1.165, 1.54) is 0 Å². The SMILES string of the molecule is C=C(C)CNC(=O)OCc1ccccc1. The average Bonchev–Trinajstić information content (AvgIpc) is 2.25. The predicted octanol–water partition coefficient (Wildman–Crippen LogP) is 2.49. The van der Waals surface area contributed by atoms with E-state index in [2.05, 4.69) is 11.9 Å². The van der Waals surface area contributed by atoms with Crippen molar-refractivity contribution in [2.75, 3.05) is 6.54 Å². The maximum absolute atomic E-state index is 11.1. The number of rotatable bonds is 4. The Morgan fingerprint density at radius 3 is 2.67 bits per heavy atom. The molecule has 0 aliphatic rings. The summed E-state index contributed by atoms with van der Waals surface area (Å²) in [5.41, 5.74) is 1.87. The summed E-state index contributed by atoms with van der Waals surface area (Å²) in [5.74, 6) is 0.